The lowest BCUT2D eigenvalue weighted by Gasteiger charge is -2.57. The monoisotopic (exact) mass is 139 g/mol. The summed E-state index contributed by atoms with van der Waals surface area (Å²) in [5.41, 5.74) is 1.50. The van der Waals surface area contributed by atoms with Crippen LogP contribution in [0.3, 0.4) is 0 Å². The van der Waals surface area contributed by atoms with E-state index in [0.717, 1.165) is 17.9 Å². The van der Waals surface area contributed by atoms with Crippen molar-refractivity contribution >= 4 is 0 Å². The Kier molecular flexibility index (Phi) is 0.763. The van der Waals surface area contributed by atoms with Gasteiger partial charge in [0.15, 0.2) is 0 Å². The highest BCUT2D eigenvalue weighted by Crippen LogP contribution is 2.60. The maximum Gasteiger partial charge on any atom is 0.0537 e. The Morgan fingerprint density at radius 1 is 1.70 bits per heavy atom. The molecule has 2 bridgehead atoms. The summed E-state index contributed by atoms with van der Waals surface area (Å²) < 4.78 is 14.7. The third-order valence-corrected chi connectivity index (χ3v) is 3.65. The van der Waals surface area contributed by atoms with E-state index in [2.05, 4.69) is 13.8 Å². The van der Waals surface area contributed by atoms with Gasteiger partial charge in [0.1, 0.15) is 0 Å². The van der Waals surface area contributed by atoms with Crippen molar-refractivity contribution < 1.29 is 2.74 Å². The van der Waals surface area contributed by atoms with Crippen LogP contribution in [-0.2, 0) is 0 Å². The average molecular weight is 139 g/mol. The quantitative estimate of drug-likeness (QED) is 0.357. The third kappa shape index (κ3) is 0.574. The fourth-order valence-corrected chi connectivity index (χ4v) is 2.60. The van der Waals surface area contributed by atoms with Crippen LogP contribution in [0.1, 0.15) is 35.9 Å². The molecular weight excluding hydrogens is 121 g/mol. The molecule has 0 spiro atoms. The summed E-state index contributed by atoms with van der Waals surface area (Å²) in [5.74, 6) is 1.42. The van der Waals surface area contributed by atoms with Gasteiger partial charge in [0.05, 0.1) is 2.74 Å². The second-order valence-corrected chi connectivity index (χ2v) is 4.37. The van der Waals surface area contributed by atoms with Crippen molar-refractivity contribution in [3.8, 4) is 0 Å². The summed E-state index contributed by atoms with van der Waals surface area (Å²) in [5, 5.41) is 0. The van der Waals surface area contributed by atoms with Gasteiger partial charge >= 0.3 is 0 Å². The lowest BCUT2D eigenvalue weighted by molar-refractivity contribution is -0.0273. The highest BCUT2D eigenvalue weighted by atomic mass is 14.6. The van der Waals surface area contributed by atoms with E-state index in [4.69, 9.17) is 2.74 Å². The Bertz CT molecular complexity index is 234. The largest absolute Gasteiger partial charge is 0.0996 e. The zero-order chi connectivity index (χ0) is 8.93. The predicted molar refractivity (Wildman–Crippen MR) is 43.8 cm³/mol. The molecule has 0 heteroatoms. The van der Waals surface area contributed by atoms with E-state index >= 15 is 0 Å². The van der Waals surface area contributed by atoms with Crippen LogP contribution < -0.4 is 0 Å². The number of hydrogen-bond donors (Lipinski definition) is 0. The summed E-state index contributed by atoms with van der Waals surface area (Å²) in [6.07, 6.45) is 3.46. The number of rotatable bonds is 0. The molecule has 0 amide bonds. The molecule has 0 aromatic rings. The highest BCUT2D eigenvalue weighted by Gasteiger charge is 2.51. The Hall–Kier alpha value is -0.260. The molecule has 0 aromatic heterocycles. The van der Waals surface area contributed by atoms with Gasteiger partial charge in [-0.2, -0.15) is 0 Å². The molecule has 10 heavy (non-hydrogen) atoms. The number of hydrogen-bond acceptors (Lipinski definition) is 0. The van der Waals surface area contributed by atoms with Crippen LogP contribution in [0.2, 0.25) is 0 Å². The topological polar surface area (TPSA) is 0 Å². The van der Waals surface area contributed by atoms with Gasteiger partial charge in [-0.3, -0.25) is 0 Å². The predicted octanol–water partition coefficient (Wildman–Crippen LogP) is 3.00. The van der Waals surface area contributed by atoms with Gasteiger partial charge < -0.3 is 0 Å². The molecule has 3 aliphatic carbocycles. The molecule has 0 unspecified atom stereocenters. The van der Waals surface area contributed by atoms with Crippen molar-refractivity contribution in [2.75, 3.05) is 0 Å². The van der Waals surface area contributed by atoms with Gasteiger partial charge in [0, 0.05) is 0 Å². The van der Waals surface area contributed by atoms with Crippen LogP contribution >= 0.6 is 0 Å². The van der Waals surface area contributed by atoms with Gasteiger partial charge in [0.25, 0.3) is 0 Å². The van der Waals surface area contributed by atoms with E-state index in [1.54, 1.807) is 0 Å². The fraction of sp³-hybridized carbons (Fsp3) is 0.800. The first-order chi connectivity index (χ1) is 5.53. The van der Waals surface area contributed by atoms with Crippen molar-refractivity contribution in [1.82, 2.24) is 0 Å². The first-order valence-electron chi connectivity index (χ1n) is 5.19. The van der Waals surface area contributed by atoms with Gasteiger partial charge in [-0.1, -0.05) is 26.0 Å². The normalized spacial score (nSPS) is 45.2. The molecule has 56 valence electrons. The van der Waals surface area contributed by atoms with Crippen LogP contribution in [0.25, 0.3) is 0 Å². The fourth-order valence-electron chi connectivity index (χ4n) is 2.60. The molecule has 3 aliphatic rings. The van der Waals surface area contributed by atoms with Crippen molar-refractivity contribution in [2.45, 2.75) is 33.1 Å². The molecule has 0 heterocycles. The number of fused-ring (bicyclic) bond motifs is 2. The Labute approximate surface area is 66.1 Å². The maximum absolute atomic E-state index is 7.35. The van der Waals surface area contributed by atoms with Crippen LogP contribution in [0.5, 0.6) is 0 Å². The molecule has 0 nitrogen and oxygen atoms in total. The lowest BCUT2D eigenvalue weighted by Crippen LogP contribution is -2.48. The van der Waals surface area contributed by atoms with Gasteiger partial charge in [-0.05, 0) is 36.5 Å². The molecule has 3 fully saturated rings. The zero-order valence-corrected chi connectivity index (χ0v) is 6.78. The summed E-state index contributed by atoms with van der Waals surface area (Å²) in [4.78, 5) is 0. The molecular formula is C10H16. The van der Waals surface area contributed by atoms with Crippen LogP contribution in [0.4, 0.5) is 0 Å². The average Bonchev–Trinajstić information content (AvgIpc) is 2.04. The lowest BCUT2D eigenvalue weighted by atomic mass is 9.48. The molecule has 0 aromatic carbocycles. The molecule has 0 N–H and O–H groups in total. The molecule has 0 aliphatic heterocycles. The molecule has 3 saturated carbocycles. The van der Waals surface area contributed by atoms with E-state index < -0.39 is 0 Å². The first kappa shape index (κ1) is 4.58. The van der Waals surface area contributed by atoms with Gasteiger partial charge in [-0.15, -0.1) is 0 Å². The van der Waals surface area contributed by atoms with Gasteiger partial charge in [-0.25, -0.2) is 0 Å². The standard InChI is InChI=1S/C10H16/c1-7-4-5-8-6-9(7)10(8,2)3/h8-9H,1,4-6H2,2-3H3/t8-,9-/m0/s1/i1+1D2. The molecule has 0 saturated heterocycles. The summed E-state index contributed by atoms with van der Waals surface area (Å²) in [7, 11) is 0. The smallest absolute Gasteiger partial charge is 0.0537 e. The maximum atomic E-state index is 7.35. The SMILES string of the molecule is [2H][13C]([2H])=C1CC[C@H]2C[C@@H]1C2(C)C. The summed E-state index contributed by atoms with van der Waals surface area (Å²) in [6.45, 7) is 4.66. The molecule has 2 atom stereocenters. The summed E-state index contributed by atoms with van der Waals surface area (Å²) in [6, 6.07) is 0. The third-order valence-electron chi connectivity index (χ3n) is 3.65. The summed E-state index contributed by atoms with van der Waals surface area (Å²) >= 11 is 0. The zero-order valence-electron chi connectivity index (χ0n) is 8.78. The van der Waals surface area contributed by atoms with Crippen LogP contribution in [0, 0.1) is 17.3 Å². The Balaban J connectivity index is 2.28. The second kappa shape index (κ2) is 1.66. The molecule has 3 rings (SSSR count). The van der Waals surface area contributed by atoms with Crippen molar-refractivity contribution in [3.05, 3.63) is 12.1 Å². The van der Waals surface area contributed by atoms with Crippen molar-refractivity contribution in [1.29, 1.82) is 0 Å². The van der Waals surface area contributed by atoms with Crippen molar-refractivity contribution in [3.63, 3.8) is 0 Å². The molecule has 0 radical (unpaired) electrons. The van der Waals surface area contributed by atoms with E-state index in [0.29, 0.717) is 11.3 Å². The minimum Gasteiger partial charge on any atom is -0.0996 e. The van der Waals surface area contributed by atoms with E-state index in [1.165, 1.54) is 12.8 Å². The second-order valence-electron chi connectivity index (χ2n) is 4.37. The number of allylic oxidation sites excluding steroid dienone is 1. The first-order valence-corrected chi connectivity index (χ1v) is 4.19. The van der Waals surface area contributed by atoms with E-state index in [-0.39, 0.29) is 6.53 Å². The van der Waals surface area contributed by atoms with E-state index in [1.807, 2.05) is 0 Å². The van der Waals surface area contributed by atoms with Crippen LogP contribution in [-0.4, -0.2) is 0 Å². The van der Waals surface area contributed by atoms with E-state index in [9.17, 15) is 0 Å². The Morgan fingerprint density at radius 2 is 2.50 bits per heavy atom. The van der Waals surface area contributed by atoms with Crippen molar-refractivity contribution in [2.24, 2.45) is 17.3 Å². The Morgan fingerprint density at radius 3 is 2.90 bits per heavy atom. The minimum atomic E-state index is 0.0891. The van der Waals surface area contributed by atoms with Gasteiger partial charge in [0.2, 0.25) is 0 Å². The highest BCUT2D eigenvalue weighted by molar-refractivity contribution is 5.18. The minimum absolute atomic E-state index is 0.0891. The van der Waals surface area contributed by atoms with Crippen LogP contribution in [0.15, 0.2) is 12.1 Å².